The van der Waals surface area contributed by atoms with Crippen LogP contribution in [-0.4, -0.2) is 20.6 Å². The minimum Gasteiger partial charge on any atom is -0.508 e. The molecule has 0 radical (unpaired) electrons. The van der Waals surface area contributed by atoms with Gasteiger partial charge < -0.3 is 9.52 Å². The summed E-state index contributed by atoms with van der Waals surface area (Å²) >= 11 is 1.13. The maximum absolute atomic E-state index is 12.7. The van der Waals surface area contributed by atoms with Gasteiger partial charge >= 0.3 is 5.63 Å². The molecule has 2 heterocycles. The first kappa shape index (κ1) is 17.2. The van der Waals surface area contributed by atoms with Crippen molar-refractivity contribution in [2.75, 3.05) is 11.4 Å². The molecule has 130 valence electrons. The number of thiophene rings is 1. The fourth-order valence-electron chi connectivity index (χ4n) is 2.24. The minimum absolute atomic E-state index is 0.0510. The second-order valence-corrected chi connectivity index (χ2v) is 8.52. The first-order valence-electron chi connectivity index (χ1n) is 7.21. The van der Waals surface area contributed by atoms with E-state index < -0.39 is 21.4 Å². The molecule has 0 fully saturated rings. The summed E-state index contributed by atoms with van der Waals surface area (Å²) in [5.41, 5.74) is 0.432. The van der Waals surface area contributed by atoms with Gasteiger partial charge in [0, 0.05) is 13.1 Å². The van der Waals surface area contributed by atoms with Gasteiger partial charge in [0.1, 0.15) is 16.3 Å². The Labute approximate surface area is 148 Å². The van der Waals surface area contributed by atoms with Crippen LogP contribution in [0.2, 0.25) is 0 Å². The topological polar surface area (TPSA) is 87.8 Å². The van der Waals surface area contributed by atoms with E-state index in [0.717, 1.165) is 21.2 Å². The van der Waals surface area contributed by atoms with Crippen LogP contribution in [-0.2, 0) is 10.0 Å². The van der Waals surface area contributed by atoms with E-state index in [4.69, 9.17) is 4.42 Å². The zero-order valence-corrected chi connectivity index (χ0v) is 15.1. The lowest BCUT2D eigenvalue weighted by Gasteiger charge is -2.17. The van der Waals surface area contributed by atoms with Crippen molar-refractivity contribution in [1.82, 2.24) is 0 Å². The molecule has 2 aromatic heterocycles. The standard InChI is InChI=1S/C17H15NO5S2/c1-10-4-6-12(7-5-10)25(21,22)18(3)16-9-14-15(24-16)8-13(11(2)19)17(20)23-14/h4-9,19H,2H2,1,3H3. The SMILES string of the molecule is C=C(O)c1cc2sc(N(C)S(=O)(=O)c3ccc(C)cc3)cc2oc1=O. The Morgan fingerprint density at radius 1 is 1.24 bits per heavy atom. The third-order valence-corrected chi connectivity index (χ3v) is 6.75. The average molecular weight is 377 g/mol. The number of anilines is 1. The summed E-state index contributed by atoms with van der Waals surface area (Å²) in [5.74, 6) is -0.397. The lowest BCUT2D eigenvalue weighted by molar-refractivity contribution is 0.499. The van der Waals surface area contributed by atoms with Gasteiger partial charge in [0.05, 0.1) is 9.60 Å². The Morgan fingerprint density at radius 2 is 1.88 bits per heavy atom. The molecule has 0 aliphatic rings. The van der Waals surface area contributed by atoms with Gasteiger partial charge in [0.15, 0.2) is 5.58 Å². The van der Waals surface area contributed by atoms with Crippen LogP contribution in [0.3, 0.4) is 0 Å². The van der Waals surface area contributed by atoms with Crippen molar-refractivity contribution in [1.29, 1.82) is 0 Å². The summed E-state index contributed by atoms with van der Waals surface area (Å²) in [6.45, 7) is 5.19. The Bertz CT molecular complexity index is 1120. The van der Waals surface area contributed by atoms with E-state index >= 15 is 0 Å². The third-order valence-electron chi connectivity index (χ3n) is 3.71. The highest BCUT2D eigenvalue weighted by Crippen LogP contribution is 2.34. The van der Waals surface area contributed by atoms with Gasteiger partial charge in [-0.3, -0.25) is 4.31 Å². The predicted molar refractivity (Wildman–Crippen MR) is 98.8 cm³/mol. The largest absolute Gasteiger partial charge is 0.508 e. The molecule has 3 rings (SSSR count). The van der Waals surface area contributed by atoms with Crippen LogP contribution in [0, 0.1) is 6.92 Å². The van der Waals surface area contributed by atoms with Gasteiger partial charge in [0.2, 0.25) is 0 Å². The van der Waals surface area contributed by atoms with Crippen molar-refractivity contribution in [2.45, 2.75) is 11.8 Å². The number of rotatable bonds is 4. The lowest BCUT2D eigenvalue weighted by atomic mass is 10.2. The number of sulfonamides is 1. The summed E-state index contributed by atoms with van der Waals surface area (Å²) < 4.78 is 32.3. The van der Waals surface area contributed by atoms with Gasteiger partial charge in [0.25, 0.3) is 10.0 Å². The Morgan fingerprint density at radius 3 is 2.48 bits per heavy atom. The molecule has 0 saturated heterocycles. The summed E-state index contributed by atoms with van der Waals surface area (Å²) in [4.78, 5) is 12.0. The van der Waals surface area contributed by atoms with Crippen molar-refractivity contribution >= 4 is 42.4 Å². The monoisotopic (exact) mass is 377 g/mol. The number of aliphatic hydroxyl groups is 1. The van der Waals surface area contributed by atoms with Crippen LogP contribution < -0.4 is 9.93 Å². The molecule has 6 nitrogen and oxygen atoms in total. The highest BCUT2D eigenvalue weighted by Gasteiger charge is 2.23. The molecule has 1 N–H and O–H groups in total. The molecule has 3 aromatic rings. The van der Waals surface area contributed by atoms with E-state index in [1.54, 1.807) is 24.3 Å². The van der Waals surface area contributed by atoms with Crippen molar-refractivity contribution in [3.05, 3.63) is 64.5 Å². The number of fused-ring (bicyclic) bond motifs is 1. The zero-order valence-electron chi connectivity index (χ0n) is 13.5. The van der Waals surface area contributed by atoms with Crippen LogP contribution in [0.15, 0.2) is 57.1 Å². The van der Waals surface area contributed by atoms with Gasteiger partial charge in [-0.1, -0.05) is 24.3 Å². The van der Waals surface area contributed by atoms with Crippen LogP contribution in [0.5, 0.6) is 0 Å². The molecule has 0 unspecified atom stereocenters. The predicted octanol–water partition coefficient (Wildman–Crippen LogP) is 3.52. The normalized spacial score (nSPS) is 11.6. The van der Waals surface area contributed by atoms with Crippen molar-refractivity contribution < 1.29 is 17.9 Å². The molecule has 0 spiro atoms. The Kier molecular flexibility index (Phi) is 4.18. The fourth-order valence-corrected chi connectivity index (χ4v) is 4.63. The van der Waals surface area contributed by atoms with E-state index in [2.05, 4.69) is 6.58 Å². The first-order valence-corrected chi connectivity index (χ1v) is 9.47. The molecule has 0 atom stereocenters. The van der Waals surface area contributed by atoms with E-state index in [0.29, 0.717) is 9.70 Å². The third kappa shape index (κ3) is 3.06. The van der Waals surface area contributed by atoms with Crippen LogP contribution in [0.25, 0.3) is 16.0 Å². The summed E-state index contributed by atoms with van der Waals surface area (Å²) in [5, 5.41) is 9.81. The second kappa shape index (κ2) is 6.05. The molecule has 8 heteroatoms. The number of hydrogen-bond donors (Lipinski definition) is 1. The Hall–Kier alpha value is -2.58. The van der Waals surface area contributed by atoms with Gasteiger partial charge in [-0.15, -0.1) is 11.3 Å². The van der Waals surface area contributed by atoms with Gasteiger partial charge in [-0.2, -0.15) is 0 Å². The van der Waals surface area contributed by atoms with Crippen molar-refractivity contribution in [2.24, 2.45) is 0 Å². The molecule has 25 heavy (non-hydrogen) atoms. The van der Waals surface area contributed by atoms with E-state index in [9.17, 15) is 18.3 Å². The molecule has 0 saturated carbocycles. The highest BCUT2D eigenvalue weighted by molar-refractivity contribution is 7.93. The van der Waals surface area contributed by atoms with Crippen LogP contribution >= 0.6 is 11.3 Å². The molecule has 0 aliphatic carbocycles. The van der Waals surface area contributed by atoms with Gasteiger partial charge in [-0.05, 0) is 25.1 Å². The molecular formula is C17H15NO5S2. The van der Waals surface area contributed by atoms with E-state index in [-0.39, 0.29) is 16.0 Å². The van der Waals surface area contributed by atoms with Crippen LogP contribution in [0.4, 0.5) is 5.00 Å². The number of hydrogen-bond acceptors (Lipinski definition) is 6. The van der Waals surface area contributed by atoms with E-state index in [1.165, 1.54) is 19.2 Å². The summed E-state index contributed by atoms with van der Waals surface area (Å²) in [6, 6.07) is 9.46. The maximum atomic E-state index is 12.7. The smallest absolute Gasteiger partial charge is 0.347 e. The fraction of sp³-hybridized carbons (Fsp3) is 0.118. The van der Waals surface area contributed by atoms with Crippen LogP contribution in [0.1, 0.15) is 11.1 Å². The Balaban J connectivity index is 2.07. The number of benzene rings is 1. The molecule has 0 bridgehead atoms. The lowest BCUT2D eigenvalue weighted by Crippen LogP contribution is -2.25. The summed E-state index contributed by atoms with van der Waals surface area (Å²) in [6.07, 6.45) is 0. The number of nitrogens with zero attached hydrogens (tertiary/aromatic N) is 1. The van der Waals surface area contributed by atoms with E-state index in [1.807, 2.05) is 6.92 Å². The number of aliphatic hydroxyl groups excluding tert-OH is 1. The quantitative estimate of drug-likeness (QED) is 0.703. The van der Waals surface area contributed by atoms with Gasteiger partial charge in [-0.25, -0.2) is 13.2 Å². The van der Waals surface area contributed by atoms with Crippen molar-refractivity contribution in [3.63, 3.8) is 0 Å². The second-order valence-electron chi connectivity index (χ2n) is 5.49. The number of aryl methyl sites for hydroxylation is 1. The zero-order chi connectivity index (χ0) is 18.4. The highest BCUT2D eigenvalue weighted by atomic mass is 32.2. The molecule has 1 aromatic carbocycles. The maximum Gasteiger partial charge on any atom is 0.347 e. The minimum atomic E-state index is -3.74. The molecule has 0 amide bonds. The average Bonchev–Trinajstić information content (AvgIpc) is 2.96. The van der Waals surface area contributed by atoms with Crippen molar-refractivity contribution in [3.8, 4) is 0 Å². The molecule has 0 aliphatic heterocycles. The molecular weight excluding hydrogens is 362 g/mol. The summed E-state index contributed by atoms with van der Waals surface area (Å²) in [7, 11) is -2.30. The first-order chi connectivity index (χ1) is 11.7.